The molecule has 1 heterocycles. The van der Waals surface area contributed by atoms with Crippen LogP contribution in [0.2, 0.25) is 0 Å². The first-order valence-electron chi connectivity index (χ1n) is 3.21. The summed E-state index contributed by atoms with van der Waals surface area (Å²) in [6.07, 6.45) is -0.953. The van der Waals surface area contributed by atoms with E-state index in [0.29, 0.717) is 0 Å². The molecule has 0 saturated carbocycles. The predicted molar refractivity (Wildman–Crippen MR) is 48.5 cm³/mol. The fraction of sp³-hybridized carbons (Fsp3) is 0.286. The van der Waals surface area contributed by atoms with Crippen molar-refractivity contribution in [1.82, 2.24) is 4.98 Å². The van der Waals surface area contributed by atoms with E-state index < -0.39 is 13.0 Å². The fourth-order valence-electron chi connectivity index (χ4n) is 0.619. The summed E-state index contributed by atoms with van der Waals surface area (Å²) >= 11 is 1.97. The molecule has 0 atom stereocenters. The van der Waals surface area contributed by atoms with E-state index in [4.69, 9.17) is 4.74 Å². The van der Waals surface area contributed by atoms with Crippen molar-refractivity contribution in [3.8, 4) is 5.88 Å². The van der Waals surface area contributed by atoms with Crippen molar-refractivity contribution >= 4 is 22.6 Å². The van der Waals surface area contributed by atoms with Crippen LogP contribution in [0.15, 0.2) is 18.3 Å². The molecule has 0 spiro atoms. The van der Waals surface area contributed by atoms with Gasteiger partial charge in [0.05, 0.1) is 3.57 Å². The van der Waals surface area contributed by atoms with Gasteiger partial charge in [-0.15, -0.1) is 0 Å². The summed E-state index contributed by atoms with van der Waals surface area (Å²) < 4.78 is 28.9. The zero-order valence-corrected chi connectivity index (χ0v) is 8.16. The lowest BCUT2D eigenvalue weighted by atomic mass is 10.5. The lowest BCUT2D eigenvalue weighted by Gasteiger charge is -2.04. The van der Waals surface area contributed by atoms with Gasteiger partial charge >= 0.3 is 0 Å². The number of halogens is 3. The van der Waals surface area contributed by atoms with Crippen LogP contribution in [0, 0.1) is 3.57 Å². The SMILES string of the molecule is FC(F)COc1ncccc1I. The maximum atomic E-state index is 11.7. The Morgan fingerprint density at radius 3 is 2.92 bits per heavy atom. The first kappa shape index (κ1) is 9.63. The smallest absolute Gasteiger partial charge is 0.272 e. The molecule has 0 aromatic carbocycles. The van der Waals surface area contributed by atoms with Crippen molar-refractivity contribution in [2.24, 2.45) is 0 Å². The van der Waals surface area contributed by atoms with Gasteiger partial charge in [0.15, 0.2) is 6.61 Å². The molecule has 2 nitrogen and oxygen atoms in total. The van der Waals surface area contributed by atoms with Crippen LogP contribution >= 0.6 is 22.6 Å². The number of alkyl halides is 2. The Morgan fingerprint density at radius 1 is 1.58 bits per heavy atom. The second-order valence-corrected chi connectivity index (χ2v) is 3.15. The first-order valence-corrected chi connectivity index (χ1v) is 4.29. The molecule has 0 aliphatic carbocycles. The van der Waals surface area contributed by atoms with E-state index >= 15 is 0 Å². The third-order valence-corrected chi connectivity index (χ3v) is 1.89. The highest BCUT2D eigenvalue weighted by atomic mass is 127. The van der Waals surface area contributed by atoms with Crippen LogP contribution in [0.4, 0.5) is 8.78 Å². The summed E-state index contributed by atoms with van der Waals surface area (Å²) in [4.78, 5) is 3.79. The Labute approximate surface area is 82.1 Å². The van der Waals surface area contributed by atoms with Crippen LogP contribution < -0.4 is 4.74 Å². The number of nitrogens with zero attached hydrogens (tertiary/aromatic N) is 1. The third-order valence-electron chi connectivity index (χ3n) is 1.07. The van der Waals surface area contributed by atoms with E-state index in [1.807, 2.05) is 22.6 Å². The third kappa shape index (κ3) is 2.88. The van der Waals surface area contributed by atoms with Gasteiger partial charge in [0.1, 0.15) is 0 Å². The van der Waals surface area contributed by atoms with Crippen molar-refractivity contribution in [2.45, 2.75) is 6.43 Å². The normalized spacial score (nSPS) is 10.3. The van der Waals surface area contributed by atoms with Gasteiger partial charge in [0.25, 0.3) is 6.43 Å². The largest absolute Gasteiger partial charge is 0.471 e. The minimum absolute atomic E-state index is 0.262. The van der Waals surface area contributed by atoms with Gasteiger partial charge in [-0.1, -0.05) is 0 Å². The van der Waals surface area contributed by atoms with Crippen LogP contribution in [0.5, 0.6) is 5.88 Å². The van der Waals surface area contributed by atoms with Crippen LogP contribution in [0.3, 0.4) is 0 Å². The van der Waals surface area contributed by atoms with Gasteiger partial charge in [-0.3, -0.25) is 0 Å². The molecule has 0 bridgehead atoms. The summed E-state index contributed by atoms with van der Waals surface area (Å²) in [5.41, 5.74) is 0. The summed E-state index contributed by atoms with van der Waals surface area (Å²) in [5.74, 6) is 0.262. The lowest BCUT2D eigenvalue weighted by Crippen LogP contribution is -2.08. The first-order chi connectivity index (χ1) is 5.70. The van der Waals surface area contributed by atoms with Crippen LogP contribution in [0.25, 0.3) is 0 Å². The number of hydrogen-bond donors (Lipinski definition) is 0. The molecule has 0 fully saturated rings. The highest BCUT2D eigenvalue weighted by Crippen LogP contribution is 2.16. The Morgan fingerprint density at radius 2 is 2.33 bits per heavy atom. The molecule has 5 heteroatoms. The molecule has 0 aliphatic rings. The highest BCUT2D eigenvalue weighted by molar-refractivity contribution is 14.1. The van der Waals surface area contributed by atoms with E-state index in [2.05, 4.69) is 4.98 Å². The minimum atomic E-state index is -2.46. The highest BCUT2D eigenvalue weighted by Gasteiger charge is 2.06. The standard InChI is InChI=1S/C7H6F2INO/c8-6(9)4-12-7-5(10)2-1-3-11-7/h1-3,6H,4H2. The number of hydrogen-bond acceptors (Lipinski definition) is 2. The summed E-state index contributed by atoms with van der Waals surface area (Å²) in [5, 5.41) is 0. The van der Waals surface area contributed by atoms with E-state index in [9.17, 15) is 8.78 Å². The monoisotopic (exact) mass is 285 g/mol. The summed E-state index contributed by atoms with van der Waals surface area (Å²) in [6.45, 7) is -0.604. The zero-order chi connectivity index (χ0) is 8.97. The second-order valence-electron chi connectivity index (χ2n) is 1.99. The van der Waals surface area contributed by atoms with Gasteiger partial charge in [0, 0.05) is 6.20 Å². The molecule has 0 unspecified atom stereocenters. The molecule has 1 aromatic rings. The molecule has 0 N–H and O–H groups in total. The van der Waals surface area contributed by atoms with Crippen LogP contribution in [-0.2, 0) is 0 Å². The van der Waals surface area contributed by atoms with Crippen molar-refractivity contribution in [3.05, 3.63) is 21.9 Å². The van der Waals surface area contributed by atoms with Gasteiger partial charge < -0.3 is 4.74 Å². The van der Waals surface area contributed by atoms with Crippen molar-refractivity contribution in [2.75, 3.05) is 6.61 Å². The number of ether oxygens (including phenoxy) is 1. The van der Waals surface area contributed by atoms with E-state index in [-0.39, 0.29) is 5.88 Å². The molecule has 0 radical (unpaired) electrons. The molecular weight excluding hydrogens is 279 g/mol. The Bertz CT molecular complexity index is 257. The maximum Gasteiger partial charge on any atom is 0.272 e. The van der Waals surface area contributed by atoms with Crippen molar-refractivity contribution in [3.63, 3.8) is 0 Å². The van der Waals surface area contributed by atoms with Gasteiger partial charge in [-0.25, -0.2) is 13.8 Å². The molecule has 0 amide bonds. The van der Waals surface area contributed by atoms with Gasteiger partial charge in [0.2, 0.25) is 5.88 Å². The predicted octanol–water partition coefficient (Wildman–Crippen LogP) is 2.33. The average molecular weight is 285 g/mol. The topological polar surface area (TPSA) is 22.1 Å². The molecule has 12 heavy (non-hydrogen) atoms. The fourth-order valence-corrected chi connectivity index (χ4v) is 1.12. The van der Waals surface area contributed by atoms with Crippen molar-refractivity contribution in [1.29, 1.82) is 0 Å². The molecule has 66 valence electrons. The number of pyridine rings is 1. The Kier molecular flexibility index (Phi) is 3.64. The Hall–Kier alpha value is -0.460. The van der Waals surface area contributed by atoms with Crippen LogP contribution in [0.1, 0.15) is 0 Å². The molecule has 1 aromatic heterocycles. The van der Waals surface area contributed by atoms with E-state index in [1.54, 1.807) is 12.1 Å². The number of rotatable bonds is 3. The van der Waals surface area contributed by atoms with Crippen LogP contribution in [-0.4, -0.2) is 18.0 Å². The summed E-state index contributed by atoms with van der Waals surface area (Å²) in [6, 6.07) is 3.46. The molecule has 1 rings (SSSR count). The second kappa shape index (κ2) is 4.54. The molecular formula is C7H6F2INO. The van der Waals surface area contributed by atoms with Crippen molar-refractivity contribution < 1.29 is 13.5 Å². The Balaban J connectivity index is 2.57. The average Bonchev–Trinajstić information content (AvgIpc) is 2.03. The zero-order valence-electron chi connectivity index (χ0n) is 6.01. The lowest BCUT2D eigenvalue weighted by molar-refractivity contribution is 0.0791. The van der Waals surface area contributed by atoms with E-state index in [1.165, 1.54) is 6.20 Å². The quantitative estimate of drug-likeness (QED) is 0.795. The van der Waals surface area contributed by atoms with Gasteiger partial charge in [-0.2, -0.15) is 0 Å². The maximum absolute atomic E-state index is 11.7. The van der Waals surface area contributed by atoms with Gasteiger partial charge in [-0.05, 0) is 34.7 Å². The summed E-state index contributed by atoms with van der Waals surface area (Å²) in [7, 11) is 0. The molecule has 0 aliphatic heterocycles. The molecule has 0 saturated heterocycles. The number of aromatic nitrogens is 1. The minimum Gasteiger partial charge on any atom is -0.471 e. The van der Waals surface area contributed by atoms with E-state index in [0.717, 1.165) is 3.57 Å².